The van der Waals surface area contributed by atoms with Crippen molar-refractivity contribution in [1.82, 2.24) is 14.7 Å². The quantitative estimate of drug-likeness (QED) is 0.302. The Labute approximate surface area is 195 Å². The minimum absolute atomic E-state index is 0.246. The van der Waals surface area contributed by atoms with Crippen LogP contribution in [0.3, 0.4) is 0 Å². The summed E-state index contributed by atoms with van der Waals surface area (Å²) in [6.07, 6.45) is 5.95. The Morgan fingerprint density at radius 1 is 1.06 bits per heavy atom. The van der Waals surface area contributed by atoms with Gasteiger partial charge in [-0.2, -0.15) is 0 Å². The number of nitrogen functional groups attached to an aromatic ring is 1. The Morgan fingerprint density at radius 2 is 1.85 bits per heavy atom. The van der Waals surface area contributed by atoms with E-state index in [1.807, 2.05) is 54.7 Å². The smallest absolute Gasteiger partial charge is 0.278 e. The lowest BCUT2D eigenvalue weighted by Crippen LogP contribution is -2.43. The highest BCUT2D eigenvalue weighted by Gasteiger charge is 2.24. The SMILES string of the molecule is Nc1c(C(=O)NCc2ccc[nH+]c2)cc2c(=O)n3ccccc3nc2[n+]1CCc1ccccc1. The van der Waals surface area contributed by atoms with E-state index in [1.54, 1.807) is 35.2 Å². The molecule has 5 aromatic rings. The van der Waals surface area contributed by atoms with Crippen molar-refractivity contribution in [3.63, 3.8) is 0 Å². The molecule has 0 bridgehead atoms. The van der Waals surface area contributed by atoms with E-state index in [9.17, 15) is 9.59 Å². The van der Waals surface area contributed by atoms with Gasteiger partial charge >= 0.3 is 0 Å². The minimum Gasteiger partial charge on any atom is -0.348 e. The first-order valence-electron chi connectivity index (χ1n) is 11.0. The van der Waals surface area contributed by atoms with E-state index < -0.39 is 0 Å². The molecule has 5 rings (SSSR count). The maximum absolute atomic E-state index is 13.3. The van der Waals surface area contributed by atoms with Gasteiger partial charge in [-0.05, 0) is 29.8 Å². The van der Waals surface area contributed by atoms with Crippen molar-refractivity contribution in [2.75, 3.05) is 5.73 Å². The Balaban J connectivity index is 1.61. The van der Waals surface area contributed by atoms with E-state index in [2.05, 4.69) is 10.3 Å². The van der Waals surface area contributed by atoms with Crippen LogP contribution >= 0.6 is 0 Å². The fourth-order valence-electron chi connectivity index (χ4n) is 4.01. The minimum atomic E-state index is -0.353. The molecule has 34 heavy (non-hydrogen) atoms. The normalized spacial score (nSPS) is 11.1. The number of H-pyrrole nitrogens is 1. The Kier molecular flexibility index (Phi) is 5.70. The number of rotatable bonds is 6. The Bertz CT molecular complexity index is 1550. The summed E-state index contributed by atoms with van der Waals surface area (Å²) in [5.41, 5.74) is 9.53. The number of nitrogens with one attached hydrogen (secondary N) is 2. The van der Waals surface area contributed by atoms with Crippen LogP contribution in [0.2, 0.25) is 0 Å². The number of anilines is 1. The predicted molar refractivity (Wildman–Crippen MR) is 128 cm³/mol. The number of aromatic nitrogens is 4. The highest BCUT2D eigenvalue weighted by Crippen LogP contribution is 2.15. The van der Waals surface area contributed by atoms with Crippen LogP contribution in [0.4, 0.5) is 5.82 Å². The second-order valence-electron chi connectivity index (χ2n) is 8.01. The van der Waals surface area contributed by atoms with Gasteiger partial charge < -0.3 is 11.1 Å². The number of amides is 1. The standard InChI is InChI=1S/C26H22N6O2/c27-23-20(25(33)29-17-19-9-6-12-28-16-19)15-21-24(30-22-10-4-5-13-31(22)26(21)34)32(23)14-11-18-7-2-1-3-8-18/h1-10,12-13,15-16,27H,11,14,17H2,(H,29,33)/p+2. The van der Waals surface area contributed by atoms with Crippen molar-refractivity contribution in [3.8, 4) is 0 Å². The molecular formula is C26H24N6O2+2. The summed E-state index contributed by atoms with van der Waals surface area (Å²) in [5, 5.41) is 3.23. The average Bonchev–Trinajstić information content (AvgIpc) is 2.88. The first-order chi connectivity index (χ1) is 16.6. The third-order valence-electron chi connectivity index (χ3n) is 5.80. The van der Waals surface area contributed by atoms with Crippen molar-refractivity contribution in [3.05, 3.63) is 112 Å². The molecule has 0 aliphatic carbocycles. The fraction of sp³-hybridized carbons (Fsp3) is 0.115. The summed E-state index contributed by atoms with van der Waals surface area (Å²) >= 11 is 0. The van der Waals surface area contributed by atoms with E-state index in [0.717, 1.165) is 11.1 Å². The zero-order valence-electron chi connectivity index (χ0n) is 18.4. The number of hydrogen-bond donors (Lipinski definition) is 2. The summed E-state index contributed by atoms with van der Waals surface area (Å²) in [6.45, 7) is 0.795. The largest absolute Gasteiger partial charge is 0.348 e. The number of benzene rings is 1. The molecule has 8 heteroatoms. The van der Waals surface area contributed by atoms with Crippen LogP contribution in [0.5, 0.6) is 0 Å². The van der Waals surface area contributed by atoms with Crippen LogP contribution in [-0.2, 0) is 19.5 Å². The molecule has 0 saturated heterocycles. The fourth-order valence-corrected chi connectivity index (χ4v) is 4.01. The molecule has 1 amide bonds. The molecule has 0 aliphatic rings. The third kappa shape index (κ3) is 4.09. The number of hydrogen-bond acceptors (Lipinski definition) is 4. The highest BCUT2D eigenvalue weighted by molar-refractivity contribution is 6.00. The molecule has 168 valence electrons. The number of nitrogens with zero attached hydrogens (tertiary/aromatic N) is 3. The molecule has 0 spiro atoms. The lowest BCUT2D eigenvalue weighted by atomic mass is 10.1. The second-order valence-corrected chi connectivity index (χ2v) is 8.01. The molecule has 8 nitrogen and oxygen atoms in total. The lowest BCUT2D eigenvalue weighted by molar-refractivity contribution is -0.658. The molecule has 0 unspecified atom stereocenters. The molecule has 0 atom stereocenters. The van der Waals surface area contributed by atoms with Crippen molar-refractivity contribution in [2.45, 2.75) is 19.5 Å². The van der Waals surface area contributed by atoms with Crippen LogP contribution in [0.15, 0.2) is 90.1 Å². The zero-order chi connectivity index (χ0) is 23.5. The van der Waals surface area contributed by atoms with Crippen molar-refractivity contribution in [1.29, 1.82) is 0 Å². The second kappa shape index (κ2) is 9.11. The first-order valence-corrected chi connectivity index (χ1v) is 11.0. The van der Waals surface area contributed by atoms with Gasteiger partial charge in [0.05, 0.1) is 6.54 Å². The average molecular weight is 453 g/mol. The molecule has 0 radical (unpaired) electrons. The van der Waals surface area contributed by atoms with Gasteiger partial charge in [-0.15, -0.1) is 0 Å². The maximum Gasteiger partial charge on any atom is 0.278 e. The number of pyridine rings is 3. The zero-order valence-corrected chi connectivity index (χ0v) is 18.4. The van der Waals surface area contributed by atoms with Gasteiger partial charge in [-0.3, -0.25) is 14.0 Å². The van der Waals surface area contributed by atoms with E-state index in [1.165, 1.54) is 4.40 Å². The molecule has 4 N–H and O–H groups in total. The van der Waals surface area contributed by atoms with Crippen LogP contribution in [0.25, 0.3) is 16.7 Å². The summed E-state index contributed by atoms with van der Waals surface area (Å²) in [5.74, 6) is -0.0815. The first kappa shape index (κ1) is 21.3. The monoisotopic (exact) mass is 452 g/mol. The molecule has 0 fully saturated rings. The Morgan fingerprint density at radius 3 is 2.65 bits per heavy atom. The third-order valence-corrected chi connectivity index (χ3v) is 5.80. The van der Waals surface area contributed by atoms with Gasteiger partial charge in [0, 0.05) is 30.8 Å². The van der Waals surface area contributed by atoms with E-state index >= 15 is 0 Å². The van der Waals surface area contributed by atoms with Gasteiger partial charge in [0.2, 0.25) is 11.5 Å². The molecular weight excluding hydrogens is 428 g/mol. The maximum atomic E-state index is 13.3. The molecule has 4 heterocycles. The number of nitrogens with two attached hydrogens (primary N) is 1. The van der Waals surface area contributed by atoms with Crippen LogP contribution < -0.4 is 26.2 Å². The van der Waals surface area contributed by atoms with Crippen molar-refractivity contribution in [2.24, 2.45) is 0 Å². The van der Waals surface area contributed by atoms with Crippen molar-refractivity contribution < 1.29 is 14.3 Å². The summed E-state index contributed by atoms with van der Waals surface area (Å²) in [6, 6.07) is 20.7. The summed E-state index contributed by atoms with van der Waals surface area (Å²) < 4.78 is 3.24. The predicted octanol–water partition coefficient (Wildman–Crippen LogP) is 1.70. The molecule has 1 aromatic carbocycles. The number of carbonyl (C=O) groups excluding carboxylic acids is 1. The molecule has 0 saturated carbocycles. The number of fused-ring (bicyclic) bond motifs is 2. The van der Waals surface area contributed by atoms with Crippen molar-refractivity contribution >= 4 is 28.4 Å². The highest BCUT2D eigenvalue weighted by atomic mass is 16.1. The van der Waals surface area contributed by atoms with E-state index in [4.69, 9.17) is 10.7 Å². The summed E-state index contributed by atoms with van der Waals surface area (Å²) in [7, 11) is 0. The van der Waals surface area contributed by atoms with Crippen LogP contribution in [0.1, 0.15) is 21.5 Å². The van der Waals surface area contributed by atoms with Gasteiger partial charge in [-0.25, -0.2) is 9.55 Å². The topological polar surface area (TPSA) is 108 Å². The van der Waals surface area contributed by atoms with Gasteiger partial charge in [-0.1, -0.05) is 41.4 Å². The van der Waals surface area contributed by atoms with E-state index in [0.29, 0.717) is 36.2 Å². The van der Waals surface area contributed by atoms with Crippen LogP contribution in [-0.4, -0.2) is 15.3 Å². The van der Waals surface area contributed by atoms with Gasteiger partial charge in [0.1, 0.15) is 10.9 Å². The van der Waals surface area contributed by atoms with Gasteiger partial charge in [0.15, 0.2) is 12.4 Å². The lowest BCUT2D eigenvalue weighted by Gasteiger charge is -2.12. The Hall–Kier alpha value is -4.59. The number of carbonyl (C=O) groups is 1. The number of aromatic amines is 1. The molecule has 0 aliphatic heterocycles. The molecule has 4 aromatic heterocycles. The van der Waals surface area contributed by atoms with Gasteiger partial charge in [0.25, 0.3) is 17.1 Å². The number of aryl methyl sites for hydroxylation is 2. The van der Waals surface area contributed by atoms with E-state index in [-0.39, 0.29) is 22.8 Å². The van der Waals surface area contributed by atoms with Crippen LogP contribution in [0, 0.1) is 0 Å². The summed E-state index contributed by atoms with van der Waals surface area (Å²) in [4.78, 5) is 34.2.